The molecule has 0 aliphatic heterocycles. The molecular weight excluding hydrogens is 323 g/mol. The van der Waals surface area contributed by atoms with Crippen molar-refractivity contribution in [1.82, 2.24) is 0 Å². The van der Waals surface area contributed by atoms with Gasteiger partial charge in [0, 0.05) is 16.9 Å². The van der Waals surface area contributed by atoms with Crippen molar-refractivity contribution in [2.24, 2.45) is 0 Å². The highest BCUT2D eigenvalue weighted by molar-refractivity contribution is 5.97. The quantitative estimate of drug-likeness (QED) is 0.478. The number of nitrogens with one attached hydrogen (secondary N) is 1. The van der Waals surface area contributed by atoms with Crippen LogP contribution in [0.3, 0.4) is 0 Å². The number of anilines is 2. The first-order valence-corrected chi connectivity index (χ1v) is 8.29. The summed E-state index contributed by atoms with van der Waals surface area (Å²) in [5, 5.41) is 14.2. The van der Waals surface area contributed by atoms with E-state index in [2.05, 4.69) is 11.4 Å². The Balaban J connectivity index is 1.75. The second kappa shape index (κ2) is 6.70. The van der Waals surface area contributed by atoms with Crippen LogP contribution in [0.5, 0.6) is 0 Å². The van der Waals surface area contributed by atoms with Gasteiger partial charge in [0.1, 0.15) is 5.82 Å². The van der Waals surface area contributed by atoms with Crippen LogP contribution in [-0.2, 0) is 0 Å². The Morgan fingerprint density at radius 3 is 2.27 bits per heavy atom. The van der Waals surface area contributed by atoms with Gasteiger partial charge >= 0.3 is 0 Å². The van der Waals surface area contributed by atoms with Gasteiger partial charge in [0.25, 0.3) is 0 Å². The van der Waals surface area contributed by atoms with Gasteiger partial charge in [0.2, 0.25) is 0 Å². The summed E-state index contributed by atoms with van der Waals surface area (Å²) in [6.45, 7) is 0. The molecule has 0 saturated carbocycles. The molecule has 0 saturated heterocycles. The Kier molecular flexibility index (Phi) is 4.09. The fourth-order valence-electron chi connectivity index (χ4n) is 3.06. The van der Waals surface area contributed by atoms with Crippen molar-refractivity contribution in [3.63, 3.8) is 0 Å². The second-order valence-corrected chi connectivity index (χ2v) is 6.04. The highest BCUT2D eigenvalue weighted by Crippen LogP contribution is 2.32. The molecule has 1 N–H and O–H groups in total. The summed E-state index contributed by atoms with van der Waals surface area (Å²) < 4.78 is 14.6. The normalized spacial score (nSPS) is 10.5. The standard InChI is InChI=1S/C23H15FN2/c24-23-13-12-19(26-18-10-8-16(15-25)9-11-18)14-22(23)21-7-3-5-17-4-1-2-6-20(17)21/h1-14,26H. The van der Waals surface area contributed by atoms with Crippen molar-refractivity contribution in [2.75, 3.05) is 5.32 Å². The third-order valence-corrected chi connectivity index (χ3v) is 4.35. The van der Waals surface area contributed by atoms with Crippen LogP contribution in [0.15, 0.2) is 84.9 Å². The molecule has 0 bridgehead atoms. The largest absolute Gasteiger partial charge is 0.356 e. The average molecular weight is 338 g/mol. The molecule has 0 unspecified atom stereocenters. The molecule has 0 atom stereocenters. The predicted molar refractivity (Wildman–Crippen MR) is 104 cm³/mol. The van der Waals surface area contributed by atoms with Gasteiger partial charge in [-0.2, -0.15) is 5.26 Å². The van der Waals surface area contributed by atoms with Crippen LogP contribution < -0.4 is 5.32 Å². The number of nitriles is 1. The molecule has 2 nitrogen and oxygen atoms in total. The third kappa shape index (κ3) is 3.01. The van der Waals surface area contributed by atoms with Crippen LogP contribution in [0.25, 0.3) is 21.9 Å². The maximum atomic E-state index is 14.6. The summed E-state index contributed by atoms with van der Waals surface area (Å²) in [5.74, 6) is -0.258. The molecule has 0 heterocycles. The maximum absolute atomic E-state index is 14.6. The van der Waals surface area contributed by atoms with Crippen molar-refractivity contribution in [3.8, 4) is 17.2 Å². The van der Waals surface area contributed by atoms with E-state index in [1.54, 1.807) is 18.2 Å². The minimum absolute atomic E-state index is 0.258. The van der Waals surface area contributed by atoms with Crippen LogP contribution in [0.2, 0.25) is 0 Å². The first-order valence-electron chi connectivity index (χ1n) is 8.29. The van der Waals surface area contributed by atoms with E-state index >= 15 is 0 Å². The molecule has 124 valence electrons. The van der Waals surface area contributed by atoms with E-state index in [-0.39, 0.29) is 5.82 Å². The fourth-order valence-corrected chi connectivity index (χ4v) is 3.06. The molecule has 26 heavy (non-hydrogen) atoms. The first-order chi connectivity index (χ1) is 12.7. The molecule has 3 heteroatoms. The number of benzene rings is 4. The lowest BCUT2D eigenvalue weighted by atomic mass is 9.97. The number of hydrogen-bond acceptors (Lipinski definition) is 2. The molecule has 0 aliphatic carbocycles. The van der Waals surface area contributed by atoms with Gasteiger partial charge in [0.05, 0.1) is 11.6 Å². The second-order valence-electron chi connectivity index (χ2n) is 6.04. The molecule has 0 fully saturated rings. The zero-order chi connectivity index (χ0) is 17.9. The van der Waals surface area contributed by atoms with E-state index in [1.165, 1.54) is 6.07 Å². The third-order valence-electron chi connectivity index (χ3n) is 4.35. The zero-order valence-electron chi connectivity index (χ0n) is 13.9. The summed E-state index contributed by atoms with van der Waals surface area (Å²) in [7, 11) is 0. The van der Waals surface area contributed by atoms with Gasteiger partial charge in [-0.05, 0) is 58.8 Å². The monoisotopic (exact) mass is 338 g/mol. The highest BCUT2D eigenvalue weighted by atomic mass is 19.1. The summed E-state index contributed by atoms with van der Waals surface area (Å²) in [5.41, 5.74) is 3.66. The maximum Gasteiger partial charge on any atom is 0.131 e. The topological polar surface area (TPSA) is 35.8 Å². The van der Waals surface area contributed by atoms with Crippen molar-refractivity contribution in [2.45, 2.75) is 0 Å². The molecule has 0 amide bonds. The SMILES string of the molecule is N#Cc1ccc(Nc2ccc(F)c(-c3cccc4ccccc34)c2)cc1. The van der Waals surface area contributed by atoms with Gasteiger partial charge in [0.15, 0.2) is 0 Å². The van der Waals surface area contributed by atoms with Crippen molar-refractivity contribution in [1.29, 1.82) is 5.26 Å². The van der Waals surface area contributed by atoms with E-state index < -0.39 is 0 Å². The van der Waals surface area contributed by atoms with Gasteiger partial charge in [-0.25, -0.2) is 4.39 Å². The van der Waals surface area contributed by atoms with E-state index in [0.717, 1.165) is 27.7 Å². The lowest BCUT2D eigenvalue weighted by Crippen LogP contribution is -1.93. The summed E-state index contributed by atoms with van der Waals surface area (Å²) in [6.07, 6.45) is 0. The number of hydrogen-bond donors (Lipinski definition) is 1. The summed E-state index contributed by atoms with van der Waals surface area (Å²) >= 11 is 0. The zero-order valence-corrected chi connectivity index (χ0v) is 13.9. The van der Waals surface area contributed by atoms with E-state index in [9.17, 15) is 4.39 Å². The molecule has 4 aromatic carbocycles. The number of halogens is 1. The molecule has 0 aliphatic rings. The number of rotatable bonds is 3. The molecule has 4 rings (SSSR count). The molecule has 0 aromatic heterocycles. The molecular formula is C23H15FN2. The van der Waals surface area contributed by atoms with Crippen molar-refractivity contribution < 1.29 is 4.39 Å². The van der Waals surface area contributed by atoms with Crippen LogP contribution >= 0.6 is 0 Å². The van der Waals surface area contributed by atoms with Crippen molar-refractivity contribution in [3.05, 3.63) is 96.3 Å². The Hall–Kier alpha value is -3.64. The van der Waals surface area contributed by atoms with E-state index in [0.29, 0.717) is 11.1 Å². The van der Waals surface area contributed by atoms with Gasteiger partial charge in [-0.1, -0.05) is 42.5 Å². The number of nitrogens with zero attached hydrogens (tertiary/aromatic N) is 1. The smallest absolute Gasteiger partial charge is 0.131 e. The minimum atomic E-state index is -0.258. The van der Waals surface area contributed by atoms with Crippen molar-refractivity contribution >= 4 is 22.1 Å². The Bertz CT molecular complexity index is 1120. The van der Waals surface area contributed by atoms with Crippen LogP contribution in [-0.4, -0.2) is 0 Å². The molecule has 4 aromatic rings. The lowest BCUT2D eigenvalue weighted by Gasteiger charge is -2.12. The fraction of sp³-hybridized carbons (Fsp3) is 0. The van der Waals surface area contributed by atoms with Crippen LogP contribution in [0.1, 0.15) is 5.56 Å². The summed E-state index contributed by atoms with van der Waals surface area (Å²) in [6, 6.07) is 28.1. The van der Waals surface area contributed by atoms with Crippen LogP contribution in [0, 0.1) is 17.1 Å². The Morgan fingerprint density at radius 1 is 0.731 bits per heavy atom. The highest BCUT2D eigenvalue weighted by Gasteiger charge is 2.10. The van der Waals surface area contributed by atoms with Gasteiger partial charge in [-0.3, -0.25) is 0 Å². The van der Waals surface area contributed by atoms with Gasteiger partial charge in [-0.15, -0.1) is 0 Å². The first kappa shape index (κ1) is 15.9. The van der Waals surface area contributed by atoms with Crippen LogP contribution in [0.4, 0.5) is 15.8 Å². The lowest BCUT2D eigenvalue weighted by molar-refractivity contribution is 0.631. The molecule has 0 radical (unpaired) electrons. The summed E-state index contributed by atoms with van der Waals surface area (Å²) in [4.78, 5) is 0. The predicted octanol–water partition coefficient (Wildman–Crippen LogP) is 6.26. The Morgan fingerprint density at radius 2 is 1.46 bits per heavy atom. The molecule has 0 spiro atoms. The van der Waals surface area contributed by atoms with E-state index in [4.69, 9.17) is 5.26 Å². The van der Waals surface area contributed by atoms with Gasteiger partial charge < -0.3 is 5.32 Å². The Labute approximate surface area is 151 Å². The average Bonchev–Trinajstić information content (AvgIpc) is 2.70. The van der Waals surface area contributed by atoms with E-state index in [1.807, 2.05) is 60.7 Å². The minimum Gasteiger partial charge on any atom is -0.356 e. The number of fused-ring (bicyclic) bond motifs is 1.